The van der Waals surface area contributed by atoms with Gasteiger partial charge < -0.3 is 10.2 Å². The Kier molecular flexibility index (Phi) is 2.33. The standard InChI is InChI=1S/C5H7F3O4S/c6-5(7,8)3-1-2(9)4(10)13(3,11)12/h2-4,9-10H,1H2. The van der Waals surface area contributed by atoms with Gasteiger partial charge in [0.05, 0.1) is 6.10 Å². The molecule has 2 N–H and O–H groups in total. The zero-order valence-corrected chi connectivity index (χ0v) is 7.01. The first kappa shape index (κ1) is 10.7. The van der Waals surface area contributed by atoms with Gasteiger partial charge in [0.1, 0.15) is 0 Å². The van der Waals surface area contributed by atoms with E-state index in [2.05, 4.69) is 0 Å². The van der Waals surface area contributed by atoms with Crippen LogP contribution in [-0.4, -0.2) is 41.6 Å². The predicted octanol–water partition coefficient (Wildman–Crippen LogP) is -0.585. The van der Waals surface area contributed by atoms with Gasteiger partial charge in [0.2, 0.25) is 0 Å². The van der Waals surface area contributed by atoms with Crippen molar-refractivity contribution in [3.05, 3.63) is 0 Å². The summed E-state index contributed by atoms with van der Waals surface area (Å²) in [4.78, 5) is 0. The maximum Gasteiger partial charge on any atom is 0.405 e. The minimum atomic E-state index is -4.93. The van der Waals surface area contributed by atoms with Crippen LogP contribution in [0.5, 0.6) is 0 Å². The number of rotatable bonds is 0. The van der Waals surface area contributed by atoms with Crippen LogP contribution >= 0.6 is 0 Å². The van der Waals surface area contributed by atoms with Gasteiger partial charge in [-0.05, 0) is 0 Å². The second-order valence-corrected chi connectivity index (χ2v) is 5.04. The summed E-state index contributed by atoms with van der Waals surface area (Å²) in [5.41, 5.74) is -2.32. The number of halogens is 3. The highest BCUT2D eigenvalue weighted by Gasteiger charge is 2.58. The number of hydrogen-bond donors (Lipinski definition) is 2. The average Bonchev–Trinajstić information content (AvgIpc) is 2.12. The van der Waals surface area contributed by atoms with E-state index in [4.69, 9.17) is 10.2 Å². The lowest BCUT2D eigenvalue weighted by Crippen LogP contribution is -2.35. The Bertz CT molecular complexity index is 295. The van der Waals surface area contributed by atoms with Crippen molar-refractivity contribution in [1.29, 1.82) is 0 Å². The van der Waals surface area contributed by atoms with Crippen molar-refractivity contribution in [3.63, 3.8) is 0 Å². The Morgan fingerprint density at radius 2 is 1.69 bits per heavy atom. The van der Waals surface area contributed by atoms with Crippen LogP contribution in [0.2, 0.25) is 0 Å². The summed E-state index contributed by atoms with van der Waals surface area (Å²) in [6.07, 6.45) is -7.78. The van der Waals surface area contributed by atoms with Crippen molar-refractivity contribution in [2.45, 2.75) is 29.4 Å². The van der Waals surface area contributed by atoms with Crippen LogP contribution in [0.25, 0.3) is 0 Å². The topological polar surface area (TPSA) is 74.6 Å². The quantitative estimate of drug-likeness (QED) is 0.572. The molecule has 1 heterocycles. The Morgan fingerprint density at radius 1 is 1.23 bits per heavy atom. The predicted molar refractivity (Wildman–Crippen MR) is 35.4 cm³/mol. The molecule has 13 heavy (non-hydrogen) atoms. The van der Waals surface area contributed by atoms with E-state index in [1.165, 1.54) is 0 Å². The molecule has 4 nitrogen and oxygen atoms in total. The first-order valence-corrected chi connectivity index (χ1v) is 4.94. The molecule has 0 radical (unpaired) electrons. The summed E-state index contributed by atoms with van der Waals surface area (Å²) < 4.78 is 57.6. The minimum Gasteiger partial charge on any atom is -0.389 e. The summed E-state index contributed by atoms with van der Waals surface area (Å²) in [7, 11) is -4.69. The lowest BCUT2D eigenvalue weighted by atomic mass is 10.2. The maximum atomic E-state index is 12.0. The molecule has 1 aliphatic rings. The Labute approximate surface area is 71.9 Å². The second-order valence-electron chi connectivity index (χ2n) is 2.81. The highest BCUT2D eigenvalue weighted by atomic mass is 32.2. The Balaban J connectivity index is 3.06. The van der Waals surface area contributed by atoms with Crippen molar-refractivity contribution in [3.8, 4) is 0 Å². The number of aliphatic hydroxyl groups is 2. The normalized spacial score (nSPS) is 39.3. The van der Waals surface area contributed by atoms with E-state index in [1.807, 2.05) is 0 Å². The number of alkyl halides is 3. The van der Waals surface area contributed by atoms with E-state index in [0.717, 1.165) is 0 Å². The fourth-order valence-corrected chi connectivity index (χ4v) is 2.90. The van der Waals surface area contributed by atoms with Crippen LogP contribution in [0.15, 0.2) is 0 Å². The molecular weight excluding hydrogens is 213 g/mol. The highest BCUT2D eigenvalue weighted by Crippen LogP contribution is 2.37. The molecule has 3 atom stereocenters. The third-order valence-electron chi connectivity index (χ3n) is 1.88. The van der Waals surface area contributed by atoms with Crippen molar-refractivity contribution in [1.82, 2.24) is 0 Å². The van der Waals surface area contributed by atoms with Crippen molar-refractivity contribution in [2.75, 3.05) is 0 Å². The molecule has 0 aromatic heterocycles. The van der Waals surface area contributed by atoms with Gasteiger partial charge in [-0.3, -0.25) is 0 Å². The van der Waals surface area contributed by atoms with E-state index >= 15 is 0 Å². The van der Waals surface area contributed by atoms with Crippen LogP contribution in [0.3, 0.4) is 0 Å². The third-order valence-corrected chi connectivity index (χ3v) is 4.12. The number of hydrogen-bond acceptors (Lipinski definition) is 4. The smallest absolute Gasteiger partial charge is 0.389 e. The van der Waals surface area contributed by atoms with Gasteiger partial charge in [0.15, 0.2) is 20.5 Å². The molecule has 1 rings (SSSR count). The molecule has 0 saturated carbocycles. The fourth-order valence-electron chi connectivity index (χ4n) is 1.18. The van der Waals surface area contributed by atoms with Crippen LogP contribution in [-0.2, 0) is 9.84 Å². The molecule has 0 spiro atoms. The lowest BCUT2D eigenvalue weighted by Gasteiger charge is -2.13. The van der Waals surface area contributed by atoms with E-state index in [9.17, 15) is 21.6 Å². The fraction of sp³-hybridized carbons (Fsp3) is 1.00. The average molecular weight is 220 g/mol. The monoisotopic (exact) mass is 220 g/mol. The van der Waals surface area contributed by atoms with E-state index < -0.39 is 39.2 Å². The summed E-state index contributed by atoms with van der Waals surface area (Å²) in [5, 5.41) is 14.8. The molecule has 1 saturated heterocycles. The van der Waals surface area contributed by atoms with Gasteiger partial charge in [-0.2, -0.15) is 13.2 Å². The zero-order valence-electron chi connectivity index (χ0n) is 6.19. The largest absolute Gasteiger partial charge is 0.405 e. The van der Waals surface area contributed by atoms with E-state index in [1.54, 1.807) is 0 Å². The van der Waals surface area contributed by atoms with E-state index in [0.29, 0.717) is 0 Å². The second kappa shape index (κ2) is 2.82. The molecular formula is C5H7F3O4S. The molecule has 1 fully saturated rings. The third kappa shape index (κ3) is 1.65. The van der Waals surface area contributed by atoms with Crippen molar-refractivity contribution >= 4 is 9.84 Å². The van der Waals surface area contributed by atoms with E-state index in [-0.39, 0.29) is 0 Å². The van der Waals surface area contributed by atoms with Crippen molar-refractivity contribution in [2.24, 2.45) is 0 Å². The van der Waals surface area contributed by atoms with Gasteiger partial charge in [0, 0.05) is 6.42 Å². The summed E-state index contributed by atoms with van der Waals surface area (Å²) in [5.74, 6) is 0. The molecule has 0 bridgehead atoms. The first-order valence-electron chi connectivity index (χ1n) is 3.33. The first-order chi connectivity index (χ1) is 5.67. The molecule has 8 heteroatoms. The molecule has 0 amide bonds. The SMILES string of the molecule is O=S1(=O)C(O)C(O)CC1C(F)(F)F. The maximum absolute atomic E-state index is 12.0. The van der Waals surface area contributed by atoms with Crippen LogP contribution in [0, 0.1) is 0 Å². The molecule has 78 valence electrons. The molecule has 3 unspecified atom stereocenters. The summed E-state index contributed by atoms with van der Waals surface area (Å²) in [6.45, 7) is 0. The summed E-state index contributed by atoms with van der Waals surface area (Å²) >= 11 is 0. The number of sulfone groups is 1. The molecule has 0 aromatic rings. The number of aliphatic hydroxyl groups excluding tert-OH is 2. The van der Waals surface area contributed by atoms with Crippen LogP contribution in [0.4, 0.5) is 13.2 Å². The van der Waals surface area contributed by atoms with Gasteiger partial charge in [-0.15, -0.1) is 0 Å². The van der Waals surface area contributed by atoms with Gasteiger partial charge >= 0.3 is 6.18 Å². The van der Waals surface area contributed by atoms with Gasteiger partial charge in [0.25, 0.3) is 0 Å². The summed E-state index contributed by atoms with van der Waals surface area (Å²) in [6, 6.07) is 0. The van der Waals surface area contributed by atoms with Crippen LogP contribution in [0.1, 0.15) is 6.42 Å². The van der Waals surface area contributed by atoms with Crippen LogP contribution < -0.4 is 0 Å². The van der Waals surface area contributed by atoms with Gasteiger partial charge in [-0.25, -0.2) is 8.42 Å². The highest BCUT2D eigenvalue weighted by molar-refractivity contribution is 7.92. The molecule has 0 aliphatic carbocycles. The Morgan fingerprint density at radius 3 is 1.85 bits per heavy atom. The molecule has 1 aliphatic heterocycles. The zero-order chi connectivity index (χ0) is 10.4. The lowest BCUT2D eigenvalue weighted by molar-refractivity contribution is -0.133. The van der Waals surface area contributed by atoms with Crippen molar-refractivity contribution < 1.29 is 31.8 Å². The minimum absolute atomic E-state index is 0.993. The van der Waals surface area contributed by atoms with Gasteiger partial charge in [-0.1, -0.05) is 0 Å². The Hall–Kier alpha value is -0.340. The molecule has 0 aromatic carbocycles.